The van der Waals surface area contributed by atoms with Crippen LogP contribution in [0, 0.1) is 11.3 Å². The maximum Gasteiger partial charge on any atom is 0.416 e. The monoisotopic (exact) mass is 387 g/mol. The molecule has 0 aromatic heterocycles. The van der Waals surface area contributed by atoms with Gasteiger partial charge in [0.05, 0.1) is 17.2 Å². The first kappa shape index (κ1) is 20.2. The fraction of sp³-hybridized carbons (Fsp3) is 0.409. The Balaban J connectivity index is 1.94. The zero-order valence-corrected chi connectivity index (χ0v) is 16.1. The Morgan fingerprint density at radius 1 is 1.14 bits per heavy atom. The largest absolute Gasteiger partial charge is 0.416 e. The van der Waals surface area contributed by atoms with E-state index in [1.54, 1.807) is 24.3 Å². The molecule has 0 saturated carbocycles. The Kier molecular flexibility index (Phi) is 5.95. The van der Waals surface area contributed by atoms with Crippen LogP contribution in [0.4, 0.5) is 18.9 Å². The average molecular weight is 387 g/mol. The summed E-state index contributed by atoms with van der Waals surface area (Å²) in [6.07, 6.45) is -3.49. The molecule has 0 amide bonds. The lowest BCUT2D eigenvalue weighted by molar-refractivity contribution is -0.138. The highest BCUT2D eigenvalue weighted by atomic mass is 19.4. The summed E-state index contributed by atoms with van der Waals surface area (Å²) >= 11 is 0. The molecule has 28 heavy (non-hydrogen) atoms. The van der Waals surface area contributed by atoms with Crippen LogP contribution < -0.4 is 4.90 Å². The van der Waals surface area contributed by atoms with Crippen LogP contribution in [0.25, 0.3) is 0 Å². The molecule has 1 fully saturated rings. The number of halogens is 3. The van der Waals surface area contributed by atoms with Crippen molar-refractivity contribution in [3.8, 4) is 6.07 Å². The summed E-state index contributed by atoms with van der Waals surface area (Å²) < 4.78 is 40.4. The van der Waals surface area contributed by atoms with Crippen LogP contribution in [-0.4, -0.2) is 30.1 Å². The van der Waals surface area contributed by atoms with Crippen molar-refractivity contribution in [3.63, 3.8) is 0 Å². The van der Waals surface area contributed by atoms with Crippen molar-refractivity contribution in [3.05, 3.63) is 65.2 Å². The molecule has 148 valence electrons. The number of anilines is 1. The Bertz CT molecular complexity index is 837. The molecule has 6 heteroatoms. The summed E-state index contributed by atoms with van der Waals surface area (Å²) in [5, 5.41) is 9.04. The number of hydrogen-bond donors (Lipinski definition) is 0. The highest BCUT2D eigenvalue weighted by Crippen LogP contribution is 2.34. The lowest BCUT2D eigenvalue weighted by Crippen LogP contribution is -2.39. The quantitative estimate of drug-likeness (QED) is 0.718. The van der Waals surface area contributed by atoms with Crippen LogP contribution in [0.2, 0.25) is 0 Å². The third kappa shape index (κ3) is 4.48. The Morgan fingerprint density at radius 2 is 1.82 bits per heavy atom. The first-order valence-corrected chi connectivity index (χ1v) is 9.45. The number of rotatable bonds is 5. The van der Waals surface area contributed by atoms with Gasteiger partial charge in [-0.1, -0.05) is 18.2 Å². The van der Waals surface area contributed by atoms with Gasteiger partial charge in [0.25, 0.3) is 0 Å². The van der Waals surface area contributed by atoms with Crippen molar-refractivity contribution in [2.24, 2.45) is 0 Å². The van der Waals surface area contributed by atoms with Crippen LogP contribution in [0.1, 0.15) is 37.0 Å². The van der Waals surface area contributed by atoms with E-state index in [0.29, 0.717) is 11.6 Å². The van der Waals surface area contributed by atoms with E-state index in [9.17, 15) is 13.2 Å². The van der Waals surface area contributed by atoms with E-state index in [1.165, 1.54) is 6.07 Å². The van der Waals surface area contributed by atoms with Gasteiger partial charge in [-0.15, -0.1) is 0 Å². The smallest absolute Gasteiger partial charge is 0.363 e. The molecule has 1 aliphatic heterocycles. The zero-order chi connectivity index (χ0) is 20.3. The Morgan fingerprint density at radius 3 is 2.39 bits per heavy atom. The summed E-state index contributed by atoms with van der Waals surface area (Å²) in [4.78, 5) is 4.39. The third-order valence-corrected chi connectivity index (χ3v) is 5.36. The van der Waals surface area contributed by atoms with E-state index < -0.39 is 11.7 Å². The lowest BCUT2D eigenvalue weighted by Gasteiger charge is -2.33. The van der Waals surface area contributed by atoms with Gasteiger partial charge < -0.3 is 4.90 Å². The van der Waals surface area contributed by atoms with Gasteiger partial charge in [0, 0.05) is 37.4 Å². The molecule has 2 aromatic rings. The fourth-order valence-corrected chi connectivity index (χ4v) is 3.77. The number of alkyl halides is 3. The van der Waals surface area contributed by atoms with Gasteiger partial charge in [-0.05, 0) is 56.2 Å². The summed E-state index contributed by atoms with van der Waals surface area (Å²) in [5.74, 6) is 0. The average Bonchev–Trinajstić information content (AvgIpc) is 3.16. The topological polar surface area (TPSA) is 30.3 Å². The first-order valence-electron chi connectivity index (χ1n) is 9.45. The fourth-order valence-electron chi connectivity index (χ4n) is 3.77. The first-order chi connectivity index (χ1) is 13.3. The molecule has 0 spiro atoms. The third-order valence-electron chi connectivity index (χ3n) is 5.36. The van der Waals surface area contributed by atoms with Gasteiger partial charge in [0.1, 0.15) is 0 Å². The number of nitriles is 1. The van der Waals surface area contributed by atoms with Gasteiger partial charge in [-0.3, -0.25) is 4.90 Å². The Labute approximate surface area is 164 Å². The maximum absolute atomic E-state index is 13.5. The number of likely N-dealkylation sites (tertiary alicyclic amines) is 1. The van der Waals surface area contributed by atoms with Crippen LogP contribution >= 0.6 is 0 Å². The SMILES string of the molecule is CC(C)N1CC[C@H](N(Cc2ccccc2C(F)(F)F)c2ccc(C#N)cc2)C1. The molecular formula is C22H24F3N3. The maximum atomic E-state index is 13.5. The van der Waals surface area contributed by atoms with Gasteiger partial charge in [-0.2, -0.15) is 18.4 Å². The second kappa shape index (κ2) is 8.24. The minimum atomic E-state index is -4.38. The van der Waals surface area contributed by atoms with Crippen LogP contribution in [0.15, 0.2) is 48.5 Å². The highest BCUT2D eigenvalue weighted by Gasteiger charge is 2.35. The Hall–Kier alpha value is -2.52. The van der Waals surface area contributed by atoms with Crippen molar-refractivity contribution >= 4 is 5.69 Å². The summed E-state index contributed by atoms with van der Waals surface area (Å²) in [5.41, 5.74) is 1.05. The van der Waals surface area contributed by atoms with Gasteiger partial charge in [0.15, 0.2) is 0 Å². The van der Waals surface area contributed by atoms with Crippen molar-refractivity contribution in [2.45, 2.75) is 45.1 Å². The van der Waals surface area contributed by atoms with E-state index in [-0.39, 0.29) is 18.2 Å². The second-order valence-corrected chi connectivity index (χ2v) is 7.47. The van der Waals surface area contributed by atoms with E-state index >= 15 is 0 Å². The van der Waals surface area contributed by atoms with Crippen molar-refractivity contribution in [1.29, 1.82) is 5.26 Å². The minimum absolute atomic E-state index is 0.122. The molecule has 2 aromatic carbocycles. The normalized spacial score (nSPS) is 17.7. The molecule has 1 aliphatic rings. The summed E-state index contributed by atoms with van der Waals surface area (Å²) in [6, 6.07) is 15.5. The molecule has 1 atom stereocenters. The number of nitrogens with zero attached hydrogens (tertiary/aromatic N) is 3. The molecule has 0 unspecified atom stereocenters. The number of benzene rings is 2. The standard InChI is InChI=1S/C22H24F3N3/c1-16(2)27-12-11-20(15-27)28(19-9-7-17(13-26)8-10-19)14-18-5-3-4-6-21(18)22(23,24)25/h3-10,16,20H,11-12,14-15H2,1-2H3/t20-/m0/s1. The predicted molar refractivity (Wildman–Crippen MR) is 104 cm³/mol. The number of hydrogen-bond acceptors (Lipinski definition) is 3. The molecule has 0 aliphatic carbocycles. The van der Waals surface area contributed by atoms with E-state index in [0.717, 1.165) is 31.3 Å². The van der Waals surface area contributed by atoms with Crippen molar-refractivity contribution in [1.82, 2.24) is 4.90 Å². The highest BCUT2D eigenvalue weighted by molar-refractivity contribution is 5.52. The lowest BCUT2D eigenvalue weighted by atomic mass is 10.0. The molecule has 3 nitrogen and oxygen atoms in total. The molecule has 1 heterocycles. The zero-order valence-electron chi connectivity index (χ0n) is 16.1. The van der Waals surface area contributed by atoms with Gasteiger partial charge in [-0.25, -0.2) is 0 Å². The van der Waals surface area contributed by atoms with E-state index in [4.69, 9.17) is 5.26 Å². The second-order valence-electron chi connectivity index (χ2n) is 7.47. The molecule has 0 radical (unpaired) electrons. The molecule has 3 rings (SSSR count). The van der Waals surface area contributed by atoms with Crippen LogP contribution in [0.5, 0.6) is 0 Å². The molecule has 0 N–H and O–H groups in total. The van der Waals surface area contributed by atoms with Gasteiger partial charge in [0.2, 0.25) is 0 Å². The molecule has 1 saturated heterocycles. The summed E-state index contributed by atoms with van der Waals surface area (Å²) in [6.45, 7) is 6.18. The van der Waals surface area contributed by atoms with Gasteiger partial charge >= 0.3 is 6.18 Å². The van der Waals surface area contributed by atoms with Crippen molar-refractivity contribution < 1.29 is 13.2 Å². The summed E-state index contributed by atoms with van der Waals surface area (Å²) in [7, 11) is 0. The van der Waals surface area contributed by atoms with Crippen molar-refractivity contribution in [2.75, 3.05) is 18.0 Å². The predicted octanol–water partition coefficient (Wildman–Crippen LogP) is 5.07. The molecule has 0 bridgehead atoms. The molecular weight excluding hydrogens is 363 g/mol. The van der Waals surface area contributed by atoms with E-state index in [1.807, 2.05) is 17.0 Å². The van der Waals surface area contributed by atoms with Crippen LogP contribution in [0.3, 0.4) is 0 Å². The van der Waals surface area contributed by atoms with E-state index in [2.05, 4.69) is 24.8 Å². The minimum Gasteiger partial charge on any atom is -0.363 e. The van der Waals surface area contributed by atoms with Crippen LogP contribution in [-0.2, 0) is 12.7 Å².